The van der Waals surface area contributed by atoms with Crippen molar-refractivity contribution in [1.82, 2.24) is 0 Å². The van der Waals surface area contributed by atoms with Crippen LogP contribution in [0.1, 0.15) is 23.6 Å². The maximum atomic E-state index is 12.0. The van der Waals surface area contributed by atoms with Gasteiger partial charge >= 0.3 is 0 Å². The van der Waals surface area contributed by atoms with Crippen molar-refractivity contribution in [3.8, 4) is 0 Å². The van der Waals surface area contributed by atoms with Crippen LogP contribution in [0.3, 0.4) is 0 Å². The quantitative estimate of drug-likeness (QED) is 0.894. The van der Waals surface area contributed by atoms with Gasteiger partial charge in [0.05, 0.1) is 5.69 Å². The lowest BCUT2D eigenvalue weighted by Crippen LogP contribution is -2.20. The molecule has 0 heterocycles. The van der Waals surface area contributed by atoms with Gasteiger partial charge in [-0.15, -0.1) is 0 Å². The summed E-state index contributed by atoms with van der Waals surface area (Å²) in [6.45, 7) is 1.98. The molecule has 0 aromatic heterocycles. The van der Waals surface area contributed by atoms with E-state index in [-0.39, 0.29) is 18.4 Å². The standard InChI is InChI=1S/C16H17BrN2O/c1-11-6-5-9-14(16(11)17)19-15(20)10-13(18)12-7-3-2-4-8-12/h2-9,13H,10,18H2,1H3,(H,19,20). The molecule has 0 aliphatic carbocycles. The summed E-state index contributed by atoms with van der Waals surface area (Å²) in [5.74, 6) is -0.0901. The van der Waals surface area contributed by atoms with Crippen LogP contribution >= 0.6 is 15.9 Å². The highest BCUT2D eigenvalue weighted by Crippen LogP contribution is 2.26. The minimum Gasteiger partial charge on any atom is -0.325 e. The fourth-order valence-corrected chi connectivity index (χ4v) is 2.33. The summed E-state index contributed by atoms with van der Waals surface area (Å²) in [4.78, 5) is 12.0. The number of aryl methyl sites for hydroxylation is 1. The van der Waals surface area contributed by atoms with Crippen molar-refractivity contribution >= 4 is 27.5 Å². The van der Waals surface area contributed by atoms with Crippen molar-refractivity contribution in [2.45, 2.75) is 19.4 Å². The Hall–Kier alpha value is -1.65. The Morgan fingerprint density at radius 1 is 1.20 bits per heavy atom. The summed E-state index contributed by atoms with van der Waals surface area (Å²) in [6, 6.07) is 15.1. The maximum Gasteiger partial charge on any atom is 0.226 e. The second kappa shape index (κ2) is 6.68. The number of hydrogen-bond donors (Lipinski definition) is 2. The molecule has 1 unspecified atom stereocenters. The predicted octanol–water partition coefficient (Wildman–Crippen LogP) is 3.79. The van der Waals surface area contributed by atoms with Gasteiger partial charge in [0.1, 0.15) is 0 Å². The van der Waals surface area contributed by atoms with E-state index >= 15 is 0 Å². The highest BCUT2D eigenvalue weighted by molar-refractivity contribution is 9.10. The van der Waals surface area contributed by atoms with E-state index in [0.717, 1.165) is 21.3 Å². The second-order valence-corrected chi connectivity index (χ2v) is 5.50. The van der Waals surface area contributed by atoms with Crippen LogP contribution in [0.15, 0.2) is 53.0 Å². The van der Waals surface area contributed by atoms with Gasteiger partial charge in [0.2, 0.25) is 5.91 Å². The second-order valence-electron chi connectivity index (χ2n) is 4.71. The van der Waals surface area contributed by atoms with Crippen molar-refractivity contribution < 1.29 is 4.79 Å². The lowest BCUT2D eigenvalue weighted by molar-refractivity contribution is -0.116. The zero-order valence-corrected chi connectivity index (χ0v) is 12.9. The molecule has 0 aliphatic rings. The van der Waals surface area contributed by atoms with Gasteiger partial charge in [0.25, 0.3) is 0 Å². The SMILES string of the molecule is Cc1cccc(NC(=O)CC(N)c2ccccc2)c1Br. The van der Waals surface area contributed by atoms with E-state index in [1.54, 1.807) is 0 Å². The molecule has 4 heteroatoms. The molecule has 3 nitrogen and oxygen atoms in total. The third kappa shape index (κ3) is 3.68. The first-order chi connectivity index (χ1) is 9.58. The Balaban J connectivity index is 2.01. The average Bonchev–Trinajstić information content (AvgIpc) is 2.45. The monoisotopic (exact) mass is 332 g/mol. The Morgan fingerprint density at radius 3 is 2.60 bits per heavy atom. The molecule has 0 spiro atoms. The molecule has 104 valence electrons. The molecule has 0 radical (unpaired) electrons. The maximum absolute atomic E-state index is 12.0. The van der Waals surface area contributed by atoms with Gasteiger partial charge in [-0.2, -0.15) is 0 Å². The third-order valence-corrected chi connectivity index (χ3v) is 4.15. The topological polar surface area (TPSA) is 55.1 Å². The molecule has 20 heavy (non-hydrogen) atoms. The number of halogens is 1. The van der Waals surface area contributed by atoms with Crippen LogP contribution < -0.4 is 11.1 Å². The first-order valence-electron chi connectivity index (χ1n) is 6.43. The number of benzene rings is 2. The van der Waals surface area contributed by atoms with Gasteiger partial charge < -0.3 is 11.1 Å². The Labute approximate surface area is 127 Å². The number of hydrogen-bond acceptors (Lipinski definition) is 2. The number of rotatable bonds is 4. The van der Waals surface area contributed by atoms with E-state index in [2.05, 4.69) is 21.2 Å². The summed E-state index contributed by atoms with van der Waals surface area (Å²) < 4.78 is 0.904. The lowest BCUT2D eigenvalue weighted by atomic mass is 10.0. The van der Waals surface area contributed by atoms with Crippen LogP contribution in [0.4, 0.5) is 5.69 Å². The molecule has 0 saturated carbocycles. The Bertz CT molecular complexity index is 599. The van der Waals surface area contributed by atoms with Crippen LogP contribution in [-0.4, -0.2) is 5.91 Å². The normalized spacial score (nSPS) is 11.9. The first-order valence-corrected chi connectivity index (χ1v) is 7.22. The zero-order valence-electron chi connectivity index (χ0n) is 11.3. The molecular weight excluding hydrogens is 316 g/mol. The van der Waals surface area contributed by atoms with Crippen molar-refractivity contribution in [3.63, 3.8) is 0 Å². The molecule has 2 aromatic carbocycles. The van der Waals surface area contributed by atoms with Gasteiger partial charge in [-0.25, -0.2) is 0 Å². The highest BCUT2D eigenvalue weighted by Gasteiger charge is 2.13. The minimum atomic E-state index is -0.292. The average molecular weight is 333 g/mol. The van der Waals surface area contributed by atoms with Crippen LogP contribution in [0.5, 0.6) is 0 Å². The predicted molar refractivity (Wildman–Crippen MR) is 85.5 cm³/mol. The smallest absolute Gasteiger partial charge is 0.226 e. The molecule has 1 atom stereocenters. The molecular formula is C16H17BrN2O. The minimum absolute atomic E-state index is 0.0901. The fourth-order valence-electron chi connectivity index (χ4n) is 1.96. The van der Waals surface area contributed by atoms with Gasteiger partial charge in [0, 0.05) is 16.9 Å². The van der Waals surface area contributed by atoms with Crippen LogP contribution in [-0.2, 0) is 4.79 Å². The van der Waals surface area contributed by atoms with E-state index in [4.69, 9.17) is 5.73 Å². The summed E-state index contributed by atoms with van der Waals surface area (Å²) in [6.07, 6.45) is 0.254. The zero-order chi connectivity index (χ0) is 14.5. The summed E-state index contributed by atoms with van der Waals surface area (Å²) in [5, 5.41) is 2.89. The van der Waals surface area contributed by atoms with Crippen LogP contribution in [0, 0.1) is 6.92 Å². The van der Waals surface area contributed by atoms with Gasteiger partial charge in [0.15, 0.2) is 0 Å². The number of nitrogens with one attached hydrogen (secondary N) is 1. The first kappa shape index (κ1) is 14.8. The molecule has 0 aliphatic heterocycles. The number of anilines is 1. The van der Waals surface area contributed by atoms with E-state index in [1.807, 2.05) is 55.5 Å². The number of amides is 1. The molecule has 0 fully saturated rings. The summed E-state index contributed by atoms with van der Waals surface area (Å²) >= 11 is 3.47. The van der Waals surface area contributed by atoms with Crippen molar-refractivity contribution in [2.75, 3.05) is 5.32 Å². The van der Waals surface area contributed by atoms with Crippen LogP contribution in [0.25, 0.3) is 0 Å². The van der Waals surface area contributed by atoms with E-state index in [1.165, 1.54) is 0 Å². The van der Waals surface area contributed by atoms with Crippen molar-refractivity contribution in [2.24, 2.45) is 5.73 Å². The van der Waals surface area contributed by atoms with Crippen molar-refractivity contribution in [3.05, 3.63) is 64.1 Å². The summed E-state index contributed by atoms with van der Waals surface area (Å²) in [5.41, 5.74) is 8.86. The Kier molecular flexibility index (Phi) is 4.93. The van der Waals surface area contributed by atoms with Gasteiger partial charge in [-0.3, -0.25) is 4.79 Å². The van der Waals surface area contributed by atoms with Gasteiger partial charge in [-0.1, -0.05) is 42.5 Å². The largest absolute Gasteiger partial charge is 0.325 e. The van der Waals surface area contributed by atoms with E-state index < -0.39 is 0 Å². The van der Waals surface area contributed by atoms with Crippen LogP contribution in [0.2, 0.25) is 0 Å². The fraction of sp³-hybridized carbons (Fsp3) is 0.188. The Morgan fingerprint density at radius 2 is 1.90 bits per heavy atom. The van der Waals surface area contributed by atoms with Crippen molar-refractivity contribution in [1.29, 1.82) is 0 Å². The lowest BCUT2D eigenvalue weighted by Gasteiger charge is -2.13. The molecule has 2 rings (SSSR count). The molecule has 0 saturated heterocycles. The highest BCUT2D eigenvalue weighted by atomic mass is 79.9. The molecule has 1 amide bonds. The molecule has 0 bridgehead atoms. The third-order valence-electron chi connectivity index (χ3n) is 3.10. The summed E-state index contributed by atoms with van der Waals surface area (Å²) in [7, 11) is 0. The number of carbonyl (C=O) groups is 1. The van der Waals surface area contributed by atoms with Gasteiger partial charge in [-0.05, 0) is 40.0 Å². The van der Waals surface area contributed by atoms with E-state index in [9.17, 15) is 4.79 Å². The number of carbonyl (C=O) groups excluding carboxylic acids is 1. The number of nitrogens with two attached hydrogens (primary N) is 1. The molecule has 2 aromatic rings. The van der Waals surface area contributed by atoms with E-state index in [0.29, 0.717) is 0 Å². The molecule has 3 N–H and O–H groups in total.